The van der Waals surface area contributed by atoms with Crippen LogP contribution in [0.3, 0.4) is 0 Å². The van der Waals surface area contributed by atoms with E-state index in [2.05, 4.69) is 28.1 Å². The molecule has 3 N–H and O–H groups in total. The Labute approximate surface area is 182 Å². The van der Waals surface area contributed by atoms with Crippen molar-refractivity contribution in [1.82, 2.24) is 20.9 Å². The molecule has 2 unspecified atom stereocenters. The van der Waals surface area contributed by atoms with Gasteiger partial charge in [0.25, 0.3) is 5.91 Å². The van der Waals surface area contributed by atoms with Crippen LogP contribution in [0.25, 0.3) is 0 Å². The first-order chi connectivity index (χ1) is 15.1. The number of nitrogens with one attached hydrogen (secondary N) is 3. The van der Waals surface area contributed by atoms with Crippen LogP contribution in [0.1, 0.15) is 39.9 Å². The van der Waals surface area contributed by atoms with E-state index in [1.54, 1.807) is 4.90 Å². The second-order valence-electron chi connectivity index (χ2n) is 8.17. The molecule has 2 atom stereocenters. The molecule has 7 nitrogen and oxygen atoms in total. The van der Waals surface area contributed by atoms with E-state index < -0.39 is 6.04 Å². The van der Waals surface area contributed by atoms with Crippen LogP contribution in [0.4, 0.5) is 0 Å². The average Bonchev–Trinajstić information content (AvgIpc) is 3.10. The van der Waals surface area contributed by atoms with Gasteiger partial charge in [0.05, 0.1) is 0 Å². The van der Waals surface area contributed by atoms with Gasteiger partial charge in [0.1, 0.15) is 6.04 Å². The zero-order valence-electron chi connectivity index (χ0n) is 17.7. The summed E-state index contributed by atoms with van der Waals surface area (Å²) in [6.07, 6.45) is 1.54. The summed E-state index contributed by atoms with van der Waals surface area (Å²) in [6, 6.07) is 15.8. The lowest BCUT2D eigenvalue weighted by Crippen LogP contribution is -2.52. The molecule has 2 aliphatic rings. The molecular formula is C24H28N4O3. The Balaban J connectivity index is 1.46. The number of carbonyl (C=O) groups excluding carboxylic acids is 3. The first kappa shape index (κ1) is 21.2. The van der Waals surface area contributed by atoms with E-state index in [9.17, 15) is 14.4 Å². The van der Waals surface area contributed by atoms with Crippen LogP contribution in [0.2, 0.25) is 0 Å². The van der Waals surface area contributed by atoms with Crippen LogP contribution < -0.4 is 16.0 Å². The normalized spacial score (nSPS) is 19.3. The van der Waals surface area contributed by atoms with Crippen LogP contribution in [-0.4, -0.2) is 48.3 Å². The van der Waals surface area contributed by atoms with Crippen molar-refractivity contribution in [2.24, 2.45) is 0 Å². The molecule has 0 aromatic heterocycles. The quantitative estimate of drug-likeness (QED) is 0.561. The SMILES string of the molecule is CNCC(Cc1ccccc1)NCc1cccc2c1CN(C1CCC(=O)NC1=O)C2=O. The molecule has 0 bridgehead atoms. The molecule has 7 heteroatoms. The van der Waals surface area contributed by atoms with E-state index in [1.807, 2.05) is 43.4 Å². The number of hydrogen-bond acceptors (Lipinski definition) is 5. The molecule has 2 heterocycles. The largest absolute Gasteiger partial charge is 0.322 e. The van der Waals surface area contributed by atoms with Gasteiger partial charge in [-0.25, -0.2) is 0 Å². The maximum atomic E-state index is 13.0. The zero-order chi connectivity index (χ0) is 21.8. The number of carbonyl (C=O) groups is 3. The summed E-state index contributed by atoms with van der Waals surface area (Å²) in [5.74, 6) is -0.791. The van der Waals surface area contributed by atoms with Crippen LogP contribution in [0, 0.1) is 0 Å². The van der Waals surface area contributed by atoms with Gasteiger partial charge < -0.3 is 15.5 Å². The van der Waals surface area contributed by atoms with Crippen molar-refractivity contribution in [3.05, 3.63) is 70.8 Å². The van der Waals surface area contributed by atoms with Crippen LogP contribution in [-0.2, 0) is 29.1 Å². The number of benzene rings is 2. The molecular weight excluding hydrogens is 392 g/mol. The van der Waals surface area contributed by atoms with Gasteiger partial charge in [-0.15, -0.1) is 0 Å². The number of piperidine rings is 1. The lowest BCUT2D eigenvalue weighted by Gasteiger charge is -2.29. The molecule has 2 aromatic carbocycles. The summed E-state index contributed by atoms with van der Waals surface area (Å²) in [7, 11) is 1.94. The molecule has 1 fully saturated rings. The van der Waals surface area contributed by atoms with Gasteiger partial charge in [0.2, 0.25) is 11.8 Å². The van der Waals surface area contributed by atoms with Crippen molar-refractivity contribution in [3.8, 4) is 0 Å². The fourth-order valence-corrected chi connectivity index (χ4v) is 4.43. The van der Waals surface area contributed by atoms with E-state index in [-0.39, 0.29) is 30.2 Å². The van der Waals surface area contributed by atoms with Crippen LogP contribution in [0.5, 0.6) is 0 Å². The predicted molar refractivity (Wildman–Crippen MR) is 117 cm³/mol. The Morgan fingerprint density at radius 1 is 1.10 bits per heavy atom. The highest BCUT2D eigenvalue weighted by molar-refractivity contribution is 6.05. The van der Waals surface area contributed by atoms with Crippen molar-refractivity contribution < 1.29 is 14.4 Å². The Hall–Kier alpha value is -3.03. The molecule has 31 heavy (non-hydrogen) atoms. The topological polar surface area (TPSA) is 90.5 Å². The number of likely N-dealkylation sites (N-methyl/N-ethyl adjacent to an activating group) is 1. The first-order valence-electron chi connectivity index (χ1n) is 10.7. The monoisotopic (exact) mass is 420 g/mol. The number of imide groups is 1. The van der Waals surface area contributed by atoms with Crippen molar-refractivity contribution in [1.29, 1.82) is 0 Å². The molecule has 0 radical (unpaired) electrons. The third-order valence-corrected chi connectivity index (χ3v) is 6.04. The predicted octanol–water partition coefficient (Wildman–Crippen LogP) is 1.37. The second kappa shape index (κ2) is 9.41. The van der Waals surface area contributed by atoms with Crippen molar-refractivity contribution in [2.75, 3.05) is 13.6 Å². The number of fused-ring (bicyclic) bond motifs is 1. The lowest BCUT2D eigenvalue weighted by atomic mass is 10.0. The molecule has 4 rings (SSSR count). The van der Waals surface area contributed by atoms with E-state index in [1.165, 1.54) is 5.56 Å². The molecule has 0 spiro atoms. The minimum Gasteiger partial charge on any atom is -0.322 e. The average molecular weight is 421 g/mol. The summed E-state index contributed by atoms with van der Waals surface area (Å²) in [4.78, 5) is 38.4. The summed E-state index contributed by atoms with van der Waals surface area (Å²) < 4.78 is 0. The standard InChI is InChI=1S/C24H28N4O3/c1-25-14-18(12-16-6-3-2-4-7-16)26-13-17-8-5-9-19-20(17)15-28(24(19)31)21-10-11-22(29)27-23(21)30/h2-9,18,21,25-26H,10-15H2,1H3,(H,27,29,30). The molecule has 0 aliphatic carbocycles. The van der Waals surface area contributed by atoms with Gasteiger partial charge in [0.15, 0.2) is 0 Å². The maximum Gasteiger partial charge on any atom is 0.255 e. The first-order valence-corrected chi connectivity index (χ1v) is 10.7. The summed E-state index contributed by atoms with van der Waals surface area (Å²) in [5.41, 5.74) is 3.95. The molecule has 3 amide bonds. The Morgan fingerprint density at radius 3 is 2.65 bits per heavy atom. The molecule has 0 saturated carbocycles. The van der Waals surface area contributed by atoms with Gasteiger partial charge in [-0.1, -0.05) is 42.5 Å². The fourth-order valence-electron chi connectivity index (χ4n) is 4.43. The lowest BCUT2D eigenvalue weighted by molar-refractivity contribution is -0.136. The highest BCUT2D eigenvalue weighted by Crippen LogP contribution is 2.29. The molecule has 1 saturated heterocycles. The Morgan fingerprint density at radius 2 is 1.90 bits per heavy atom. The van der Waals surface area contributed by atoms with E-state index >= 15 is 0 Å². The van der Waals surface area contributed by atoms with Crippen LogP contribution >= 0.6 is 0 Å². The number of nitrogens with zero attached hydrogens (tertiary/aromatic N) is 1. The third kappa shape index (κ3) is 4.68. The minimum atomic E-state index is -0.589. The Bertz CT molecular complexity index is 976. The van der Waals surface area contributed by atoms with Crippen molar-refractivity contribution in [3.63, 3.8) is 0 Å². The van der Waals surface area contributed by atoms with Gasteiger partial charge >= 0.3 is 0 Å². The molecule has 2 aliphatic heterocycles. The van der Waals surface area contributed by atoms with E-state index in [4.69, 9.17) is 0 Å². The van der Waals surface area contributed by atoms with Gasteiger partial charge in [-0.3, -0.25) is 19.7 Å². The number of rotatable bonds is 8. The molecule has 162 valence electrons. The second-order valence-corrected chi connectivity index (χ2v) is 8.17. The smallest absolute Gasteiger partial charge is 0.255 e. The molecule has 2 aromatic rings. The summed E-state index contributed by atoms with van der Waals surface area (Å²) in [5, 5.41) is 9.22. The number of hydrogen-bond donors (Lipinski definition) is 3. The van der Waals surface area contributed by atoms with Gasteiger partial charge in [-0.2, -0.15) is 0 Å². The van der Waals surface area contributed by atoms with Gasteiger partial charge in [-0.05, 0) is 42.6 Å². The van der Waals surface area contributed by atoms with Gasteiger partial charge in [0, 0.05) is 37.7 Å². The fraction of sp³-hybridized carbons (Fsp3) is 0.375. The zero-order valence-corrected chi connectivity index (χ0v) is 17.7. The Kier molecular flexibility index (Phi) is 6.44. The highest BCUT2D eigenvalue weighted by Gasteiger charge is 2.39. The van der Waals surface area contributed by atoms with Crippen LogP contribution in [0.15, 0.2) is 48.5 Å². The highest BCUT2D eigenvalue weighted by atomic mass is 16.2. The number of amides is 3. The van der Waals surface area contributed by atoms with Crippen molar-refractivity contribution in [2.45, 2.75) is 44.4 Å². The summed E-state index contributed by atoms with van der Waals surface area (Å²) >= 11 is 0. The van der Waals surface area contributed by atoms with E-state index in [0.717, 1.165) is 24.1 Å². The minimum absolute atomic E-state index is 0.137. The summed E-state index contributed by atoms with van der Waals surface area (Å²) in [6.45, 7) is 1.86. The van der Waals surface area contributed by atoms with E-state index in [0.29, 0.717) is 25.1 Å². The van der Waals surface area contributed by atoms with Crippen molar-refractivity contribution >= 4 is 17.7 Å². The third-order valence-electron chi connectivity index (χ3n) is 6.04. The maximum absolute atomic E-state index is 13.0.